The van der Waals surface area contributed by atoms with Crippen molar-refractivity contribution >= 4 is 0 Å². The van der Waals surface area contributed by atoms with Gasteiger partial charge in [0.05, 0.1) is 0 Å². The van der Waals surface area contributed by atoms with Crippen LogP contribution in [0.15, 0.2) is 12.3 Å². The predicted molar refractivity (Wildman–Crippen MR) is 61.5 cm³/mol. The van der Waals surface area contributed by atoms with Gasteiger partial charge in [-0.05, 0) is 25.1 Å². The summed E-state index contributed by atoms with van der Waals surface area (Å²) in [6.45, 7) is 9.69. The van der Waals surface area contributed by atoms with Crippen LogP contribution < -0.4 is 0 Å². The van der Waals surface area contributed by atoms with E-state index in [-0.39, 0.29) is 0 Å². The SMILES string of the molecule is CC.CCc1ccn2c1CN(C)CC2. The zero-order valence-electron chi connectivity index (χ0n) is 9.88. The van der Waals surface area contributed by atoms with Gasteiger partial charge in [-0.15, -0.1) is 0 Å². The molecule has 0 atom stereocenters. The highest BCUT2D eigenvalue weighted by Gasteiger charge is 2.14. The van der Waals surface area contributed by atoms with Gasteiger partial charge in [0.25, 0.3) is 0 Å². The fourth-order valence-electron chi connectivity index (χ4n) is 1.89. The van der Waals surface area contributed by atoms with Crippen LogP contribution >= 0.6 is 0 Å². The van der Waals surface area contributed by atoms with Gasteiger partial charge in [-0.25, -0.2) is 0 Å². The van der Waals surface area contributed by atoms with Gasteiger partial charge in [0.1, 0.15) is 0 Å². The molecule has 2 nitrogen and oxygen atoms in total. The van der Waals surface area contributed by atoms with Gasteiger partial charge in [0, 0.05) is 31.5 Å². The van der Waals surface area contributed by atoms with Crippen molar-refractivity contribution in [2.24, 2.45) is 0 Å². The molecule has 1 aromatic heterocycles. The van der Waals surface area contributed by atoms with Gasteiger partial charge in [-0.1, -0.05) is 20.8 Å². The topological polar surface area (TPSA) is 8.17 Å². The van der Waals surface area contributed by atoms with Crippen molar-refractivity contribution in [3.05, 3.63) is 23.5 Å². The molecular formula is C12H22N2. The van der Waals surface area contributed by atoms with E-state index in [1.54, 1.807) is 0 Å². The van der Waals surface area contributed by atoms with Gasteiger partial charge in [-0.2, -0.15) is 0 Å². The Kier molecular flexibility index (Phi) is 4.21. The average molecular weight is 194 g/mol. The molecule has 2 rings (SSSR count). The molecule has 0 aliphatic carbocycles. The summed E-state index contributed by atoms with van der Waals surface area (Å²) in [5.41, 5.74) is 3.04. The average Bonchev–Trinajstić information content (AvgIpc) is 2.63. The molecular weight excluding hydrogens is 172 g/mol. The van der Waals surface area contributed by atoms with Gasteiger partial charge >= 0.3 is 0 Å². The molecule has 0 radical (unpaired) electrons. The van der Waals surface area contributed by atoms with Crippen molar-refractivity contribution in [3.8, 4) is 0 Å². The highest BCUT2D eigenvalue weighted by atomic mass is 15.2. The number of hydrogen-bond acceptors (Lipinski definition) is 1. The second-order valence-corrected chi connectivity index (χ2v) is 3.57. The molecule has 0 spiro atoms. The van der Waals surface area contributed by atoms with Crippen LogP contribution in [-0.2, 0) is 19.5 Å². The Labute approximate surface area is 87.5 Å². The molecule has 0 saturated heterocycles. The second-order valence-electron chi connectivity index (χ2n) is 3.57. The van der Waals surface area contributed by atoms with Crippen molar-refractivity contribution in [3.63, 3.8) is 0 Å². The minimum atomic E-state index is 1.12. The van der Waals surface area contributed by atoms with E-state index < -0.39 is 0 Å². The number of aromatic nitrogens is 1. The van der Waals surface area contributed by atoms with Crippen molar-refractivity contribution in [1.82, 2.24) is 9.47 Å². The Balaban J connectivity index is 0.000000461. The highest BCUT2D eigenvalue weighted by Crippen LogP contribution is 2.17. The van der Waals surface area contributed by atoms with E-state index >= 15 is 0 Å². The Morgan fingerprint density at radius 3 is 2.64 bits per heavy atom. The van der Waals surface area contributed by atoms with Crippen LogP contribution in [-0.4, -0.2) is 23.1 Å². The third-order valence-corrected chi connectivity index (χ3v) is 2.70. The second kappa shape index (κ2) is 5.20. The number of likely N-dealkylation sites (N-methyl/N-ethyl adjacent to an activating group) is 1. The summed E-state index contributed by atoms with van der Waals surface area (Å²) in [5.74, 6) is 0. The first-order valence-corrected chi connectivity index (χ1v) is 5.66. The number of hydrogen-bond donors (Lipinski definition) is 0. The Bertz CT molecular complexity index is 262. The fraction of sp³-hybridized carbons (Fsp3) is 0.667. The van der Waals surface area contributed by atoms with Crippen molar-refractivity contribution in [2.45, 2.75) is 40.3 Å². The fourth-order valence-corrected chi connectivity index (χ4v) is 1.89. The molecule has 1 aromatic rings. The van der Waals surface area contributed by atoms with Crippen LogP contribution in [0, 0.1) is 0 Å². The third-order valence-electron chi connectivity index (χ3n) is 2.70. The van der Waals surface area contributed by atoms with E-state index in [0.29, 0.717) is 0 Å². The van der Waals surface area contributed by atoms with Gasteiger partial charge < -0.3 is 4.57 Å². The summed E-state index contributed by atoms with van der Waals surface area (Å²) in [6, 6.07) is 2.26. The minimum Gasteiger partial charge on any atom is -0.349 e. The van der Waals surface area contributed by atoms with E-state index in [1.165, 1.54) is 17.8 Å². The number of nitrogens with zero attached hydrogens (tertiary/aromatic N) is 2. The maximum Gasteiger partial charge on any atom is 0.0387 e. The summed E-state index contributed by atoms with van der Waals surface area (Å²) < 4.78 is 2.39. The van der Waals surface area contributed by atoms with E-state index in [1.807, 2.05) is 13.8 Å². The molecule has 80 valence electrons. The van der Waals surface area contributed by atoms with Crippen LogP contribution in [0.5, 0.6) is 0 Å². The standard InChI is InChI=1S/C10H16N2.C2H6/c1-3-9-4-5-12-7-6-11(2)8-10(9)12;1-2/h4-5H,3,6-8H2,1-2H3;1-2H3. The first kappa shape index (κ1) is 11.3. The summed E-state index contributed by atoms with van der Waals surface area (Å²) in [5, 5.41) is 0. The lowest BCUT2D eigenvalue weighted by Gasteiger charge is -2.25. The molecule has 0 fully saturated rings. The zero-order chi connectivity index (χ0) is 10.6. The maximum absolute atomic E-state index is 2.39. The van der Waals surface area contributed by atoms with E-state index in [0.717, 1.165) is 19.5 Å². The zero-order valence-corrected chi connectivity index (χ0v) is 9.88. The van der Waals surface area contributed by atoms with Gasteiger partial charge in [-0.3, -0.25) is 4.90 Å². The largest absolute Gasteiger partial charge is 0.349 e. The quantitative estimate of drug-likeness (QED) is 0.667. The van der Waals surface area contributed by atoms with E-state index in [9.17, 15) is 0 Å². The smallest absolute Gasteiger partial charge is 0.0387 e. The van der Waals surface area contributed by atoms with Crippen LogP contribution in [0.3, 0.4) is 0 Å². The van der Waals surface area contributed by atoms with E-state index in [2.05, 4.69) is 35.7 Å². The molecule has 0 bridgehead atoms. The van der Waals surface area contributed by atoms with Crippen molar-refractivity contribution in [2.75, 3.05) is 13.6 Å². The number of aryl methyl sites for hydroxylation is 1. The van der Waals surface area contributed by atoms with Crippen molar-refractivity contribution in [1.29, 1.82) is 0 Å². The van der Waals surface area contributed by atoms with Crippen LogP contribution in [0.2, 0.25) is 0 Å². The third kappa shape index (κ3) is 2.18. The van der Waals surface area contributed by atoms with E-state index in [4.69, 9.17) is 0 Å². The minimum absolute atomic E-state index is 1.12. The summed E-state index contributed by atoms with van der Waals surface area (Å²) in [4.78, 5) is 2.38. The molecule has 0 saturated carbocycles. The summed E-state index contributed by atoms with van der Waals surface area (Å²) in [7, 11) is 2.19. The predicted octanol–water partition coefficient (Wildman–Crippen LogP) is 2.52. The molecule has 14 heavy (non-hydrogen) atoms. The van der Waals surface area contributed by atoms with Crippen LogP contribution in [0.25, 0.3) is 0 Å². The Morgan fingerprint density at radius 2 is 2.00 bits per heavy atom. The number of fused-ring (bicyclic) bond motifs is 1. The first-order valence-electron chi connectivity index (χ1n) is 5.66. The summed E-state index contributed by atoms with van der Waals surface area (Å²) >= 11 is 0. The summed E-state index contributed by atoms with van der Waals surface area (Å²) in [6.07, 6.45) is 3.39. The molecule has 0 unspecified atom stereocenters. The molecule has 0 amide bonds. The number of rotatable bonds is 1. The molecule has 0 N–H and O–H groups in total. The maximum atomic E-state index is 2.39. The monoisotopic (exact) mass is 194 g/mol. The van der Waals surface area contributed by atoms with Gasteiger partial charge in [0.2, 0.25) is 0 Å². The Hall–Kier alpha value is -0.760. The van der Waals surface area contributed by atoms with Crippen LogP contribution in [0.4, 0.5) is 0 Å². The van der Waals surface area contributed by atoms with Crippen molar-refractivity contribution < 1.29 is 0 Å². The Morgan fingerprint density at radius 1 is 1.29 bits per heavy atom. The lowest BCUT2D eigenvalue weighted by molar-refractivity contribution is 0.268. The first-order chi connectivity index (χ1) is 6.81. The molecule has 0 aromatic carbocycles. The molecule has 1 aliphatic rings. The molecule has 2 heterocycles. The molecule has 2 heteroatoms. The normalized spacial score (nSPS) is 15.7. The lowest BCUT2D eigenvalue weighted by atomic mass is 10.1. The van der Waals surface area contributed by atoms with Gasteiger partial charge in [0.15, 0.2) is 0 Å². The highest BCUT2D eigenvalue weighted by molar-refractivity contribution is 5.23. The van der Waals surface area contributed by atoms with Crippen LogP contribution in [0.1, 0.15) is 32.0 Å². The lowest BCUT2D eigenvalue weighted by Crippen LogP contribution is -2.30. The molecule has 1 aliphatic heterocycles.